The highest BCUT2D eigenvalue weighted by molar-refractivity contribution is 7.09. The summed E-state index contributed by atoms with van der Waals surface area (Å²) in [6.45, 7) is 2.59. The first-order valence-corrected chi connectivity index (χ1v) is 9.24. The first-order chi connectivity index (χ1) is 12.3. The summed E-state index contributed by atoms with van der Waals surface area (Å²) in [6, 6.07) is 11.9. The molecular weight excluding hydrogens is 332 g/mol. The number of nitrogens with zero attached hydrogens (tertiary/aromatic N) is 3. The van der Waals surface area contributed by atoms with Gasteiger partial charge in [-0.2, -0.15) is 0 Å². The minimum atomic E-state index is -0.141. The Hall–Kier alpha value is -2.60. The minimum absolute atomic E-state index is 0.141. The number of rotatable bonds is 7. The third-order valence-electron chi connectivity index (χ3n) is 3.66. The third-order valence-corrected chi connectivity index (χ3v) is 4.57. The van der Waals surface area contributed by atoms with Gasteiger partial charge in [-0.15, -0.1) is 11.3 Å². The molecule has 0 spiro atoms. The summed E-state index contributed by atoms with van der Waals surface area (Å²) in [7, 11) is 0. The number of thiazole rings is 1. The van der Waals surface area contributed by atoms with Crippen LogP contribution >= 0.6 is 11.3 Å². The Balaban J connectivity index is 1.56. The van der Waals surface area contributed by atoms with Crippen molar-refractivity contribution in [1.29, 1.82) is 0 Å². The van der Waals surface area contributed by atoms with Crippen LogP contribution in [0.3, 0.4) is 0 Å². The second-order valence-corrected chi connectivity index (χ2v) is 6.55. The lowest BCUT2D eigenvalue weighted by Crippen LogP contribution is -2.26. The summed E-state index contributed by atoms with van der Waals surface area (Å²) in [5.41, 5.74) is 2.44. The van der Waals surface area contributed by atoms with Crippen LogP contribution in [0, 0.1) is 0 Å². The molecule has 3 rings (SSSR count). The summed E-state index contributed by atoms with van der Waals surface area (Å²) in [5.74, 6) is 0.574. The van der Waals surface area contributed by atoms with Gasteiger partial charge in [0.05, 0.1) is 10.7 Å². The van der Waals surface area contributed by atoms with E-state index in [0.717, 1.165) is 29.1 Å². The molecule has 0 atom stereocenters. The van der Waals surface area contributed by atoms with E-state index in [0.29, 0.717) is 24.5 Å². The van der Waals surface area contributed by atoms with Gasteiger partial charge >= 0.3 is 0 Å². The van der Waals surface area contributed by atoms with Crippen LogP contribution in [0.15, 0.2) is 48.0 Å². The fourth-order valence-corrected chi connectivity index (χ4v) is 3.29. The topological polar surface area (TPSA) is 67.8 Å². The Kier molecular flexibility index (Phi) is 5.85. The van der Waals surface area contributed by atoms with Crippen molar-refractivity contribution in [3.05, 3.63) is 64.5 Å². The van der Waals surface area contributed by atoms with Gasteiger partial charge in [0, 0.05) is 30.1 Å². The van der Waals surface area contributed by atoms with E-state index in [-0.39, 0.29) is 5.91 Å². The van der Waals surface area contributed by atoms with E-state index in [1.54, 1.807) is 6.20 Å². The highest BCUT2D eigenvalue weighted by Gasteiger charge is 2.10. The number of aryl methyl sites for hydroxylation is 1. The Morgan fingerprint density at radius 1 is 1.12 bits per heavy atom. The zero-order valence-electron chi connectivity index (χ0n) is 14.1. The van der Waals surface area contributed by atoms with Crippen LogP contribution in [0.4, 0.5) is 0 Å². The highest BCUT2D eigenvalue weighted by atomic mass is 32.1. The average Bonchev–Trinajstić information content (AvgIpc) is 3.12. The van der Waals surface area contributed by atoms with E-state index in [4.69, 9.17) is 0 Å². The van der Waals surface area contributed by atoms with Crippen LogP contribution in [0.5, 0.6) is 0 Å². The molecule has 3 aromatic rings. The molecule has 1 aromatic carbocycles. The van der Waals surface area contributed by atoms with Crippen LogP contribution in [0.2, 0.25) is 0 Å². The van der Waals surface area contributed by atoms with E-state index in [9.17, 15) is 4.79 Å². The van der Waals surface area contributed by atoms with Crippen molar-refractivity contribution in [2.24, 2.45) is 0 Å². The van der Waals surface area contributed by atoms with E-state index in [1.807, 2.05) is 41.8 Å². The summed E-state index contributed by atoms with van der Waals surface area (Å²) in [4.78, 5) is 25.3. The van der Waals surface area contributed by atoms with Crippen molar-refractivity contribution in [3.8, 4) is 11.3 Å². The van der Waals surface area contributed by atoms with Crippen LogP contribution < -0.4 is 5.32 Å². The van der Waals surface area contributed by atoms with Crippen LogP contribution in [-0.2, 0) is 12.8 Å². The van der Waals surface area contributed by atoms with E-state index < -0.39 is 0 Å². The highest BCUT2D eigenvalue weighted by Crippen LogP contribution is 2.15. The number of aromatic nitrogens is 3. The quantitative estimate of drug-likeness (QED) is 0.706. The zero-order chi connectivity index (χ0) is 17.5. The molecule has 0 aliphatic rings. The van der Waals surface area contributed by atoms with Gasteiger partial charge in [0.2, 0.25) is 0 Å². The second-order valence-electron chi connectivity index (χ2n) is 5.61. The molecule has 5 nitrogen and oxygen atoms in total. The van der Waals surface area contributed by atoms with Gasteiger partial charge in [0.15, 0.2) is 0 Å². The molecule has 25 heavy (non-hydrogen) atoms. The number of carbonyl (C=O) groups is 1. The standard InChI is InChI=1S/C19H20N4OS/c1-2-6-18-23-16(13-25-18)19(24)21-12-10-17-20-11-9-15(22-17)14-7-4-3-5-8-14/h3-5,7-9,11,13H,2,6,10,12H2,1H3,(H,21,24). The largest absolute Gasteiger partial charge is 0.350 e. The Morgan fingerprint density at radius 3 is 2.76 bits per heavy atom. The maximum atomic E-state index is 12.1. The summed E-state index contributed by atoms with van der Waals surface area (Å²) in [5, 5.41) is 5.71. The van der Waals surface area contributed by atoms with Gasteiger partial charge in [-0.05, 0) is 18.9 Å². The van der Waals surface area contributed by atoms with Crippen molar-refractivity contribution in [2.45, 2.75) is 26.2 Å². The van der Waals surface area contributed by atoms with Crippen molar-refractivity contribution in [2.75, 3.05) is 6.54 Å². The van der Waals surface area contributed by atoms with Crippen molar-refractivity contribution >= 4 is 17.2 Å². The number of amides is 1. The third kappa shape index (κ3) is 4.70. The van der Waals surface area contributed by atoms with E-state index in [2.05, 4.69) is 27.2 Å². The molecule has 2 aromatic heterocycles. The fourth-order valence-electron chi connectivity index (χ4n) is 2.41. The molecule has 128 valence electrons. The van der Waals surface area contributed by atoms with Crippen LogP contribution in [-0.4, -0.2) is 27.4 Å². The van der Waals surface area contributed by atoms with Crippen LogP contribution in [0.25, 0.3) is 11.3 Å². The first kappa shape index (κ1) is 17.2. The Morgan fingerprint density at radius 2 is 1.96 bits per heavy atom. The molecule has 0 bridgehead atoms. The number of nitrogens with one attached hydrogen (secondary N) is 1. The molecule has 6 heteroatoms. The van der Waals surface area contributed by atoms with Crippen molar-refractivity contribution < 1.29 is 4.79 Å². The molecule has 0 aliphatic carbocycles. The monoisotopic (exact) mass is 352 g/mol. The maximum Gasteiger partial charge on any atom is 0.270 e. The average molecular weight is 352 g/mol. The zero-order valence-corrected chi connectivity index (χ0v) is 14.9. The predicted molar refractivity (Wildman–Crippen MR) is 99.6 cm³/mol. The number of hydrogen-bond acceptors (Lipinski definition) is 5. The maximum absolute atomic E-state index is 12.1. The van der Waals surface area contributed by atoms with Crippen molar-refractivity contribution in [3.63, 3.8) is 0 Å². The molecule has 2 heterocycles. The van der Waals surface area contributed by atoms with E-state index >= 15 is 0 Å². The molecule has 1 amide bonds. The fraction of sp³-hybridized carbons (Fsp3) is 0.263. The normalized spacial score (nSPS) is 10.6. The smallest absolute Gasteiger partial charge is 0.270 e. The van der Waals surface area contributed by atoms with Gasteiger partial charge < -0.3 is 5.32 Å². The molecular formula is C19H20N4OS. The van der Waals surface area contributed by atoms with Crippen molar-refractivity contribution in [1.82, 2.24) is 20.3 Å². The number of carbonyl (C=O) groups excluding carboxylic acids is 1. The van der Waals surface area contributed by atoms with E-state index in [1.165, 1.54) is 11.3 Å². The second kappa shape index (κ2) is 8.48. The van der Waals surface area contributed by atoms with Gasteiger partial charge in [-0.25, -0.2) is 15.0 Å². The Labute approximate surface area is 151 Å². The summed E-state index contributed by atoms with van der Waals surface area (Å²) >= 11 is 1.54. The molecule has 0 aliphatic heterocycles. The number of hydrogen-bond donors (Lipinski definition) is 1. The van der Waals surface area contributed by atoms with Gasteiger partial charge in [-0.1, -0.05) is 37.3 Å². The van der Waals surface area contributed by atoms with Gasteiger partial charge in [0.1, 0.15) is 11.5 Å². The van der Waals surface area contributed by atoms with Gasteiger partial charge in [-0.3, -0.25) is 4.79 Å². The van der Waals surface area contributed by atoms with Crippen LogP contribution in [0.1, 0.15) is 34.7 Å². The molecule has 0 fully saturated rings. The van der Waals surface area contributed by atoms with Gasteiger partial charge in [0.25, 0.3) is 5.91 Å². The number of benzene rings is 1. The molecule has 0 saturated carbocycles. The predicted octanol–water partition coefficient (Wildman–Crippen LogP) is 3.53. The SMILES string of the molecule is CCCc1nc(C(=O)NCCc2nccc(-c3ccccc3)n2)cs1. The lowest BCUT2D eigenvalue weighted by Gasteiger charge is -2.05. The Bertz CT molecular complexity index is 832. The molecule has 1 N–H and O–H groups in total. The summed E-state index contributed by atoms with van der Waals surface area (Å²) in [6.07, 6.45) is 4.28. The molecule has 0 radical (unpaired) electrons. The minimum Gasteiger partial charge on any atom is -0.350 e. The molecule has 0 saturated heterocycles. The molecule has 0 unspecified atom stereocenters. The lowest BCUT2D eigenvalue weighted by atomic mass is 10.1. The first-order valence-electron chi connectivity index (χ1n) is 8.36. The summed E-state index contributed by atoms with van der Waals surface area (Å²) < 4.78 is 0. The lowest BCUT2D eigenvalue weighted by molar-refractivity contribution is 0.0949.